The minimum atomic E-state index is 0.446. The van der Waals surface area contributed by atoms with E-state index in [4.69, 9.17) is 11.6 Å². The first kappa shape index (κ1) is 10.3. The van der Waals surface area contributed by atoms with Crippen molar-refractivity contribution in [1.82, 2.24) is 9.97 Å². The highest BCUT2D eigenvalue weighted by Crippen LogP contribution is 2.12. The minimum Gasteiger partial charge on any atom is -0.341 e. The van der Waals surface area contributed by atoms with Gasteiger partial charge < -0.3 is 4.90 Å². The van der Waals surface area contributed by atoms with Gasteiger partial charge in [-0.15, -0.1) is 0 Å². The summed E-state index contributed by atoms with van der Waals surface area (Å²) in [6.07, 6.45) is 4.30. The summed E-state index contributed by atoms with van der Waals surface area (Å²) < 4.78 is 0. The molecule has 0 N–H and O–H groups in total. The van der Waals surface area contributed by atoms with E-state index in [-0.39, 0.29) is 0 Å². The molecule has 1 aromatic rings. The molecule has 3 nitrogen and oxygen atoms in total. The van der Waals surface area contributed by atoms with Gasteiger partial charge in [-0.1, -0.05) is 18.5 Å². The van der Waals surface area contributed by atoms with Crippen LogP contribution in [0.4, 0.5) is 5.95 Å². The van der Waals surface area contributed by atoms with E-state index < -0.39 is 0 Å². The number of nitrogens with zero attached hydrogens (tertiary/aromatic N) is 3. The summed E-state index contributed by atoms with van der Waals surface area (Å²) in [7, 11) is 1.98. The maximum atomic E-state index is 5.69. The quantitative estimate of drug-likeness (QED) is 0.749. The van der Waals surface area contributed by atoms with Crippen LogP contribution < -0.4 is 4.90 Å². The summed E-state index contributed by atoms with van der Waals surface area (Å²) in [6, 6.07) is 0.446. The van der Waals surface area contributed by atoms with Crippen LogP contribution in [0, 0.1) is 0 Å². The predicted molar refractivity (Wildman–Crippen MR) is 55.2 cm³/mol. The van der Waals surface area contributed by atoms with Crippen LogP contribution in [0.15, 0.2) is 12.4 Å². The zero-order chi connectivity index (χ0) is 9.84. The zero-order valence-electron chi connectivity index (χ0n) is 8.16. The molecule has 1 aromatic heterocycles. The molecule has 0 spiro atoms. The van der Waals surface area contributed by atoms with Gasteiger partial charge in [-0.3, -0.25) is 0 Å². The van der Waals surface area contributed by atoms with Crippen molar-refractivity contribution in [2.75, 3.05) is 11.9 Å². The lowest BCUT2D eigenvalue weighted by molar-refractivity contribution is 0.648. The molecule has 0 aliphatic carbocycles. The van der Waals surface area contributed by atoms with Gasteiger partial charge in [0, 0.05) is 13.1 Å². The Bertz CT molecular complexity index is 260. The van der Waals surface area contributed by atoms with E-state index in [2.05, 4.69) is 23.8 Å². The topological polar surface area (TPSA) is 29.0 Å². The first-order valence-electron chi connectivity index (χ1n) is 4.35. The van der Waals surface area contributed by atoms with Crippen molar-refractivity contribution in [3.63, 3.8) is 0 Å². The highest BCUT2D eigenvalue weighted by molar-refractivity contribution is 6.30. The Morgan fingerprint density at radius 2 is 2.00 bits per heavy atom. The van der Waals surface area contributed by atoms with Gasteiger partial charge in [-0.05, 0) is 13.3 Å². The van der Waals surface area contributed by atoms with Crippen molar-refractivity contribution in [3.8, 4) is 0 Å². The number of aromatic nitrogens is 2. The van der Waals surface area contributed by atoms with Gasteiger partial charge in [-0.25, -0.2) is 9.97 Å². The van der Waals surface area contributed by atoms with E-state index in [0.717, 1.165) is 12.4 Å². The van der Waals surface area contributed by atoms with Crippen LogP contribution in [0.2, 0.25) is 5.02 Å². The van der Waals surface area contributed by atoms with Crippen molar-refractivity contribution >= 4 is 17.5 Å². The third kappa shape index (κ3) is 2.56. The third-order valence-electron chi connectivity index (χ3n) is 2.17. The molecule has 13 heavy (non-hydrogen) atoms. The van der Waals surface area contributed by atoms with Crippen LogP contribution in [0.3, 0.4) is 0 Å². The van der Waals surface area contributed by atoms with Gasteiger partial charge in [0.05, 0.1) is 17.4 Å². The fourth-order valence-corrected chi connectivity index (χ4v) is 1.06. The zero-order valence-corrected chi connectivity index (χ0v) is 8.91. The molecule has 0 aliphatic rings. The van der Waals surface area contributed by atoms with Crippen LogP contribution >= 0.6 is 11.6 Å². The summed E-state index contributed by atoms with van der Waals surface area (Å²) in [4.78, 5) is 10.3. The number of hydrogen-bond acceptors (Lipinski definition) is 3. The molecular formula is C9H14ClN3. The van der Waals surface area contributed by atoms with E-state index in [9.17, 15) is 0 Å². The lowest BCUT2D eigenvalue weighted by Crippen LogP contribution is -2.29. The van der Waals surface area contributed by atoms with Gasteiger partial charge in [0.15, 0.2) is 0 Å². The Morgan fingerprint density at radius 3 is 2.46 bits per heavy atom. The van der Waals surface area contributed by atoms with E-state index in [1.807, 2.05) is 11.9 Å². The average molecular weight is 200 g/mol. The molecule has 1 heterocycles. The van der Waals surface area contributed by atoms with Crippen molar-refractivity contribution in [1.29, 1.82) is 0 Å². The standard InChI is InChI=1S/C9H14ClN3/c1-4-7(2)13(3)9-11-5-8(10)6-12-9/h5-7H,4H2,1-3H3. The molecule has 1 atom stereocenters. The Labute approximate surface area is 83.8 Å². The molecule has 0 aromatic carbocycles. The summed E-state index contributed by atoms with van der Waals surface area (Å²) in [5.74, 6) is 0.721. The number of halogens is 1. The van der Waals surface area contributed by atoms with Crippen molar-refractivity contribution in [2.24, 2.45) is 0 Å². The van der Waals surface area contributed by atoms with Gasteiger partial charge >= 0.3 is 0 Å². The smallest absolute Gasteiger partial charge is 0.225 e. The van der Waals surface area contributed by atoms with E-state index >= 15 is 0 Å². The van der Waals surface area contributed by atoms with Crippen LogP contribution in [0.5, 0.6) is 0 Å². The van der Waals surface area contributed by atoms with Gasteiger partial charge in [0.25, 0.3) is 0 Å². The fourth-order valence-electron chi connectivity index (χ4n) is 0.959. The van der Waals surface area contributed by atoms with Crippen LogP contribution in [0.1, 0.15) is 20.3 Å². The molecule has 4 heteroatoms. The van der Waals surface area contributed by atoms with Gasteiger partial charge in [-0.2, -0.15) is 0 Å². The summed E-state index contributed by atoms with van der Waals surface area (Å²) in [5.41, 5.74) is 0. The molecule has 0 saturated heterocycles. The van der Waals surface area contributed by atoms with Crippen LogP contribution in [-0.4, -0.2) is 23.1 Å². The SMILES string of the molecule is CCC(C)N(C)c1ncc(Cl)cn1. The Morgan fingerprint density at radius 1 is 1.46 bits per heavy atom. The number of hydrogen-bond donors (Lipinski definition) is 0. The number of rotatable bonds is 3. The Kier molecular flexibility index (Phi) is 3.48. The second-order valence-corrected chi connectivity index (χ2v) is 3.51. The average Bonchev–Trinajstić information content (AvgIpc) is 2.17. The molecule has 0 aliphatic heterocycles. The van der Waals surface area contributed by atoms with E-state index in [1.54, 1.807) is 12.4 Å². The predicted octanol–water partition coefficient (Wildman–Crippen LogP) is 2.36. The molecule has 1 rings (SSSR count). The summed E-state index contributed by atoms with van der Waals surface area (Å²) >= 11 is 5.69. The van der Waals surface area contributed by atoms with Gasteiger partial charge in [0.2, 0.25) is 5.95 Å². The highest BCUT2D eigenvalue weighted by atomic mass is 35.5. The van der Waals surface area contributed by atoms with Gasteiger partial charge in [0.1, 0.15) is 0 Å². The third-order valence-corrected chi connectivity index (χ3v) is 2.37. The van der Waals surface area contributed by atoms with Crippen LogP contribution in [-0.2, 0) is 0 Å². The molecule has 0 fully saturated rings. The van der Waals surface area contributed by atoms with Crippen LogP contribution in [0.25, 0.3) is 0 Å². The fraction of sp³-hybridized carbons (Fsp3) is 0.556. The molecule has 0 radical (unpaired) electrons. The first-order valence-corrected chi connectivity index (χ1v) is 4.73. The molecule has 0 bridgehead atoms. The molecule has 0 amide bonds. The maximum Gasteiger partial charge on any atom is 0.225 e. The maximum absolute atomic E-state index is 5.69. The monoisotopic (exact) mass is 199 g/mol. The molecule has 72 valence electrons. The molecular weight excluding hydrogens is 186 g/mol. The normalized spacial score (nSPS) is 12.6. The lowest BCUT2D eigenvalue weighted by atomic mass is 10.2. The molecule has 1 unspecified atom stereocenters. The number of anilines is 1. The van der Waals surface area contributed by atoms with Crippen molar-refractivity contribution < 1.29 is 0 Å². The summed E-state index contributed by atoms with van der Waals surface area (Å²) in [6.45, 7) is 4.27. The van der Waals surface area contributed by atoms with Crippen molar-refractivity contribution in [2.45, 2.75) is 26.3 Å². The highest BCUT2D eigenvalue weighted by Gasteiger charge is 2.09. The second-order valence-electron chi connectivity index (χ2n) is 3.07. The lowest BCUT2D eigenvalue weighted by Gasteiger charge is -2.23. The minimum absolute atomic E-state index is 0.446. The Balaban J connectivity index is 2.77. The second kappa shape index (κ2) is 4.42. The first-order chi connectivity index (χ1) is 6.15. The van der Waals surface area contributed by atoms with E-state index in [1.165, 1.54) is 0 Å². The van der Waals surface area contributed by atoms with E-state index in [0.29, 0.717) is 11.1 Å². The molecule has 0 saturated carbocycles. The largest absolute Gasteiger partial charge is 0.341 e. The van der Waals surface area contributed by atoms with Crippen molar-refractivity contribution in [3.05, 3.63) is 17.4 Å². The Hall–Kier alpha value is -0.830. The summed E-state index contributed by atoms with van der Waals surface area (Å²) in [5, 5.41) is 0.571.